The molecular formula is C46H83NO9P+. The quantitative estimate of drug-likeness (QED) is 0.0122. The number of rotatable bonds is 40. The number of carbonyl (C=O) groups excluding carboxylic acids is 3. The highest BCUT2D eigenvalue weighted by Gasteiger charge is 2.27. The van der Waals surface area contributed by atoms with Crippen LogP contribution in [-0.2, 0) is 37.5 Å². The summed E-state index contributed by atoms with van der Waals surface area (Å²) < 4.78 is 34.2. The van der Waals surface area contributed by atoms with E-state index in [0.717, 1.165) is 83.5 Å². The van der Waals surface area contributed by atoms with Crippen LogP contribution in [0.15, 0.2) is 48.6 Å². The zero-order chi connectivity index (χ0) is 42.3. The van der Waals surface area contributed by atoms with Gasteiger partial charge in [-0.2, -0.15) is 0 Å². The third kappa shape index (κ3) is 41.6. The van der Waals surface area contributed by atoms with Crippen LogP contribution in [0.1, 0.15) is 174 Å². The number of ether oxygens (including phenoxy) is 2. The van der Waals surface area contributed by atoms with Crippen LogP contribution in [-0.4, -0.2) is 80.7 Å². The van der Waals surface area contributed by atoms with Gasteiger partial charge in [-0.25, -0.2) is 4.57 Å². The van der Waals surface area contributed by atoms with Crippen LogP contribution in [0.3, 0.4) is 0 Å². The summed E-state index contributed by atoms with van der Waals surface area (Å²) in [5.41, 5.74) is 0. The monoisotopic (exact) mass is 825 g/mol. The Morgan fingerprint density at radius 1 is 0.596 bits per heavy atom. The summed E-state index contributed by atoms with van der Waals surface area (Å²) in [5, 5.41) is 0. The van der Waals surface area contributed by atoms with Crippen molar-refractivity contribution in [3.05, 3.63) is 48.6 Å². The predicted molar refractivity (Wildman–Crippen MR) is 234 cm³/mol. The molecule has 0 rings (SSSR count). The standard InChI is InChI=1S/C46H82NO9P/c1-6-8-10-11-12-13-14-15-16-17-18-19-20-23-27-30-34-38-46(50)56-44(42-55-57(51,52)54-40-39-47(3,4)5)41-53-45(49)37-33-29-26-24-21-22-25-28-32-36-43(48)35-31-9-7-2/h12-13,15-16,25,28,32,36,44H,6-11,14,17-24,26-27,29-31,33-35,37-42H2,1-5H3/p+1/b13-12-,16-15-,28-25-,36-32+/t44-/m1/s1. The van der Waals surface area contributed by atoms with Crippen molar-refractivity contribution >= 4 is 25.5 Å². The second-order valence-electron chi connectivity index (χ2n) is 16.1. The minimum Gasteiger partial charge on any atom is -0.462 e. The van der Waals surface area contributed by atoms with E-state index < -0.39 is 32.5 Å². The molecule has 0 aliphatic carbocycles. The molecule has 0 amide bonds. The van der Waals surface area contributed by atoms with Gasteiger partial charge >= 0.3 is 19.8 Å². The summed E-state index contributed by atoms with van der Waals surface area (Å²) in [7, 11) is 1.42. The summed E-state index contributed by atoms with van der Waals surface area (Å²) in [6, 6.07) is 0. The van der Waals surface area contributed by atoms with Gasteiger partial charge in [0.25, 0.3) is 0 Å². The predicted octanol–water partition coefficient (Wildman–Crippen LogP) is 11.9. The van der Waals surface area contributed by atoms with Crippen molar-refractivity contribution < 1.29 is 46.8 Å². The maximum atomic E-state index is 12.7. The number of hydrogen-bond acceptors (Lipinski definition) is 8. The molecule has 0 radical (unpaired) electrons. The van der Waals surface area contributed by atoms with E-state index in [1.807, 2.05) is 33.3 Å². The van der Waals surface area contributed by atoms with E-state index in [2.05, 4.69) is 44.2 Å². The number of ketones is 1. The van der Waals surface area contributed by atoms with Gasteiger partial charge < -0.3 is 18.9 Å². The topological polar surface area (TPSA) is 125 Å². The average molecular weight is 825 g/mol. The lowest BCUT2D eigenvalue weighted by Crippen LogP contribution is -2.37. The molecule has 330 valence electrons. The maximum absolute atomic E-state index is 12.7. The Bertz CT molecular complexity index is 1170. The molecule has 0 spiro atoms. The van der Waals surface area contributed by atoms with Gasteiger partial charge in [-0.05, 0) is 70.3 Å². The SMILES string of the molecule is CCCCC/C=C\C/C=C\CCCCCCCCCC(=O)O[C@H](COC(=O)CCCCCCC/C=C\C=C\C(=O)CCCCC)COP(=O)(O)OCC[N+](C)(C)C. The van der Waals surface area contributed by atoms with Crippen LogP contribution in [0.25, 0.3) is 0 Å². The van der Waals surface area contributed by atoms with E-state index in [9.17, 15) is 23.8 Å². The molecule has 10 nitrogen and oxygen atoms in total. The van der Waals surface area contributed by atoms with Crippen molar-refractivity contribution in [1.82, 2.24) is 0 Å². The lowest BCUT2D eigenvalue weighted by Gasteiger charge is -2.24. The van der Waals surface area contributed by atoms with Crippen LogP contribution in [0, 0.1) is 0 Å². The summed E-state index contributed by atoms with van der Waals surface area (Å²) in [5.74, 6) is -0.692. The van der Waals surface area contributed by atoms with Gasteiger partial charge in [0.1, 0.15) is 19.8 Å². The van der Waals surface area contributed by atoms with Gasteiger partial charge in [0.15, 0.2) is 11.9 Å². The second-order valence-corrected chi connectivity index (χ2v) is 17.6. The normalized spacial score (nSPS) is 13.9. The molecule has 0 saturated heterocycles. The van der Waals surface area contributed by atoms with Crippen molar-refractivity contribution in [2.24, 2.45) is 0 Å². The second kappa shape index (κ2) is 37.9. The molecule has 0 aliphatic rings. The molecule has 11 heteroatoms. The zero-order valence-corrected chi connectivity index (χ0v) is 37.7. The number of esters is 2. The highest BCUT2D eigenvalue weighted by atomic mass is 31.2. The molecule has 0 heterocycles. The Balaban J connectivity index is 4.43. The minimum atomic E-state index is -4.40. The molecule has 0 saturated carbocycles. The first kappa shape index (κ1) is 54.6. The zero-order valence-electron chi connectivity index (χ0n) is 36.8. The van der Waals surface area contributed by atoms with E-state index in [4.69, 9.17) is 18.5 Å². The molecule has 57 heavy (non-hydrogen) atoms. The molecule has 0 aliphatic heterocycles. The van der Waals surface area contributed by atoms with E-state index in [-0.39, 0.29) is 31.8 Å². The van der Waals surface area contributed by atoms with Crippen molar-refractivity contribution in [2.45, 2.75) is 180 Å². The molecule has 0 aromatic carbocycles. The number of phosphoric ester groups is 1. The van der Waals surface area contributed by atoms with Crippen LogP contribution in [0.5, 0.6) is 0 Å². The lowest BCUT2D eigenvalue weighted by molar-refractivity contribution is -0.870. The summed E-state index contributed by atoms with van der Waals surface area (Å²) in [6.45, 7) is 4.17. The van der Waals surface area contributed by atoms with Gasteiger partial charge in [0.2, 0.25) is 0 Å². The number of likely N-dealkylation sites (N-methyl/N-ethyl adjacent to an activating group) is 1. The van der Waals surface area contributed by atoms with E-state index >= 15 is 0 Å². The van der Waals surface area contributed by atoms with Gasteiger partial charge in [-0.15, -0.1) is 0 Å². The third-order valence-electron chi connectivity index (χ3n) is 9.31. The molecule has 0 aromatic rings. The molecule has 2 atom stereocenters. The summed E-state index contributed by atoms with van der Waals surface area (Å²) in [6.07, 6.45) is 39.9. The molecule has 0 fully saturated rings. The van der Waals surface area contributed by atoms with Crippen molar-refractivity contribution in [2.75, 3.05) is 47.5 Å². The number of phosphoric acid groups is 1. The number of nitrogens with zero attached hydrogens (tertiary/aromatic N) is 1. The first-order valence-electron chi connectivity index (χ1n) is 22.3. The number of unbranched alkanes of at least 4 members (excludes halogenated alkanes) is 17. The van der Waals surface area contributed by atoms with Gasteiger partial charge in [-0.3, -0.25) is 23.4 Å². The van der Waals surface area contributed by atoms with Gasteiger partial charge in [-0.1, -0.05) is 133 Å². The molecule has 0 bridgehead atoms. The smallest absolute Gasteiger partial charge is 0.462 e. The summed E-state index contributed by atoms with van der Waals surface area (Å²) >= 11 is 0. The van der Waals surface area contributed by atoms with E-state index in [0.29, 0.717) is 30.3 Å². The van der Waals surface area contributed by atoms with E-state index in [1.54, 1.807) is 6.08 Å². The largest absolute Gasteiger partial charge is 0.472 e. The Kier molecular flexibility index (Phi) is 36.3. The lowest BCUT2D eigenvalue weighted by atomic mass is 10.1. The fourth-order valence-corrected chi connectivity index (χ4v) is 6.47. The third-order valence-corrected chi connectivity index (χ3v) is 10.3. The number of quaternary nitrogens is 1. The van der Waals surface area contributed by atoms with Crippen molar-refractivity contribution in [3.63, 3.8) is 0 Å². The van der Waals surface area contributed by atoms with Gasteiger partial charge in [0, 0.05) is 19.3 Å². The first-order chi connectivity index (χ1) is 27.4. The highest BCUT2D eigenvalue weighted by Crippen LogP contribution is 2.43. The van der Waals surface area contributed by atoms with Crippen LogP contribution in [0.2, 0.25) is 0 Å². The number of hydrogen-bond donors (Lipinski definition) is 1. The van der Waals surface area contributed by atoms with Crippen LogP contribution < -0.4 is 0 Å². The van der Waals surface area contributed by atoms with Crippen LogP contribution in [0.4, 0.5) is 0 Å². The number of carbonyl (C=O) groups is 3. The Morgan fingerprint density at radius 3 is 1.70 bits per heavy atom. The Morgan fingerprint density at radius 2 is 1.11 bits per heavy atom. The number of allylic oxidation sites excluding steroid dienone is 8. The molecular weight excluding hydrogens is 741 g/mol. The van der Waals surface area contributed by atoms with Gasteiger partial charge in [0.05, 0.1) is 27.7 Å². The maximum Gasteiger partial charge on any atom is 0.472 e. The Labute approximate surface area is 348 Å². The van der Waals surface area contributed by atoms with E-state index in [1.165, 1.54) is 44.9 Å². The average Bonchev–Trinajstić information content (AvgIpc) is 3.15. The summed E-state index contributed by atoms with van der Waals surface area (Å²) in [4.78, 5) is 47.1. The fraction of sp³-hybridized carbons (Fsp3) is 0.761. The molecule has 0 aromatic heterocycles. The fourth-order valence-electron chi connectivity index (χ4n) is 5.73. The van der Waals surface area contributed by atoms with Crippen LogP contribution >= 0.6 is 7.82 Å². The van der Waals surface area contributed by atoms with Crippen molar-refractivity contribution in [3.8, 4) is 0 Å². The van der Waals surface area contributed by atoms with Crippen molar-refractivity contribution in [1.29, 1.82) is 0 Å². The first-order valence-corrected chi connectivity index (χ1v) is 23.8. The molecule has 1 unspecified atom stereocenters. The minimum absolute atomic E-state index is 0.0142. The highest BCUT2D eigenvalue weighted by molar-refractivity contribution is 7.47. The Hall–Kier alpha value is -2.36. The molecule has 1 N–H and O–H groups in total.